The summed E-state index contributed by atoms with van der Waals surface area (Å²) >= 11 is 0. The van der Waals surface area contributed by atoms with E-state index < -0.39 is 0 Å². The molecule has 0 unspecified atom stereocenters. The van der Waals surface area contributed by atoms with E-state index in [0.717, 1.165) is 16.5 Å². The summed E-state index contributed by atoms with van der Waals surface area (Å²) in [4.78, 5) is 11.8. The highest BCUT2D eigenvalue weighted by Crippen LogP contribution is 2.11. The maximum atomic E-state index is 11.8. The van der Waals surface area contributed by atoms with Crippen LogP contribution in [0.5, 0.6) is 0 Å². The van der Waals surface area contributed by atoms with Crippen LogP contribution in [0.2, 0.25) is 0 Å². The molecule has 0 aliphatic rings. The molecule has 0 fully saturated rings. The molecule has 0 saturated carbocycles. The van der Waals surface area contributed by atoms with Gasteiger partial charge in [-0.05, 0) is 19.9 Å². The van der Waals surface area contributed by atoms with E-state index in [-0.39, 0.29) is 5.56 Å². The maximum absolute atomic E-state index is 11.8. The van der Waals surface area contributed by atoms with Crippen LogP contribution in [0.15, 0.2) is 29.1 Å². The van der Waals surface area contributed by atoms with Crippen LogP contribution in [0.3, 0.4) is 0 Å². The Morgan fingerprint density at radius 2 is 1.93 bits per heavy atom. The number of rotatable bonds is 1. The molecule has 0 amide bonds. The van der Waals surface area contributed by atoms with Gasteiger partial charge in [0.15, 0.2) is 0 Å². The van der Waals surface area contributed by atoms with Crippen LogP contribution >= 0.6 is 0 Å². The first kappa shape index (κ1) is 8.94. The standard InChI is InChI=1S/C11H12N2O/c1-3-13-11(14)10-7-5-4-6-9(10)8(2)12-13/h4-7H,3H2,1-2H3. The second kappa shape index (κ2) is 3.25. The van der Waals surface area contributed by atoms with Crippen molar-refractivity contribution in [2.24, 2.45) is 0 Å². The summed E-state index contributed by atoms with van der Waals surface area (Å²) in [5.41, 5.74) is 0.899. The Bertz CT molecular complexity index is 528. The van der Waals surface area contributed by atoms with Gasteiger partial charge >= 0.3 is 0 Å². The van der Waals surface area contributed by atoms with Crippen LogP contribution in [0.25, 0.3) is 10.8 Å². The van der Waals surface area contributed by atoms with E-state index in [1.165, 1.54) is 4.68 Å². The SMILES string of the molecule is CCn1nc(C)c2ccccc2c1=O. The molecular formula is C11H12N2O. The van der Waals surface area contributed by atoms with Gasteiger partial charge in [-0.3, -0.25) is 4.79 Å². The Kier molecular flexibility index (Phi) is 2.08. The third-order valence-corrected chi connectivity index (χ3v) is 2.35. The molecule has 0 saturated heterocycles. The number of hydrogen-bond donors (Lipinski definition) is 0. The largest absolute Gasteiger partial charge is 0.274 e. The van der Waals surface area contributed by atoms with Crippen molar-refractivity contribution in [3.05, 3.63) is 40.3 Å². The summed E-state index contributed by atoms with van der Waals surface area (Å²) < 4.78 is 1.50. The number of hydrogen-bond acceptors (Lipinski definition) is 2. The first-order valence-electron chi connectivity index (χ1n) is 4.70. The minimum Gasteiger partial charge on any atom is -0.267 e. The zero-order chi connectivity index (χ0) is 10.1. The predicted molar refractivity (Wildman–Crippen MR) is 56.4 cm³/mol. The minimum atomic E-state index is -0.00583. The molecule has 3 heteroatoms. The molecule has 0 aliphatic carbocycles. The van der Waals surface area contributed by atoms with Crippen LogP contribution in [0.4, 0.5) is 0 Å². The predicted octanol–water partition coefficient (Wildman–Crippen LogP) is 1.72. The second-order valence-electron chi connectivity index (χ2n) is 3.25. The first-order valence-corrected chi connectivity index (χ1v) is 4.70. The summed E-state index contributed by atoms with van der Waals surface area (Å²) in [6, 6.07) is 7.58. The quantitative estimate of drug-likeness (QED) is 0.683. The molecule has 1 aromatic heterocycles. The molecule has 0 aliphatic heterocycles. The van der Waals surface area contributed by atoms with Gasteiger partial charge in [-0.25, -0.2) is 4.68 Å². The Morgan fingerprint density at radius 1 is 1.29 bits per heavy atom. The molecule has 0 spiro atoms. The Labute approximate surface area is 82.0 Å². The topological polar surface area (TPSA) is 34.9 Å². The van der Waals surface area contributed by atoms with Gasteiger partial charge in [0.2, 0.25) is 0 Å². The Balaban J connectivity index is 2.95. The van der Waals surface area contributed by atoms with Gasteiger partial charge < -0.3 is 0 Å². The molecule has 0 atom stereocenters. The van der Waals surface area contributed by atoms with Gasteiger partial charge in [0.1, 0.15) is 0 Å². The molecule has 0 bridgehead atoms. The highest BCUT2D eigenvalue weighted by molar-refractivity contribution is 5.83. The van der Waals surface area contributed by atoms with Crippen LogP contribution in [0, 0.1) is 6.92 Å². The average molecular weight is 188 g/mol. The Hall–Kier alpha value is -1.64. The van der Waals surface area contributed by atoms with E-state index in [1.807, 2.05) is 38.1 Å². The normalized spacial score (nSPS) is 10.7. The van der Waals surface area contributed by atoms with E-state index in [4.69, 9.17) is 0 Å². The highest BCUT2D eigenvalue weighted by atomic mass is 16.1. The van der Waals surface area contributed by atoms with E-state index in [9.17, 15) is 4.79 Å². The van der Waals surface area contributed by atoms with Gasteiger partial charge in [-0.2, -0.15) is 5.10 Å². The van der Waals surface area contributed by atoms with E-state index in [2.05, 4.69) is 5.10 Å². The molecule has 1 aromatic carbocycles. The number of fused-ring (bicyclic) bond motifs is 1. The van der Waals surface area contributed by atoms with Gasteiger partial charge in [-0.1, -0.05) is 18.2 Å². The summed E-state index contributed by atoms with van der Waals surface area (Å²) in [5.74, 6) is 0. The zero-order valence-electron chi connectivity index (χ0n) is 8.32. The van der Waals surface area contributed by atoms with Crippen molar-refractivity contribution in [1.29, 1.82) is 0 Å². The lowest BCUT2D eigenvalue weighted by atomic mass is 10.1. The summed E-state index contributed by atoms with van der Waals surface area (Å²) in [5, 5.41) is 5.92. The molecule has 14 heavy (non-hydrogen) atoms. The fourth-order valence-electron chi connectivity index (χ4n) is 1.62. The summed E-state index contributed by atoms with van der Waals surface area (Å²) in [6.07, 6.45) is 0. The van der Waals surface area contributed by atoms with Gasteiger partial charge in [0.05, 0.1) is 11.1 Å². The maximum Gasteiger partial charge on any atom is 0.274 e. The highest BCUT2D eigenvalue weighted by Gasteiger charge is 2.04. The lowest BCUT2D eigenvalue weighted by Crippen LogP contribution is -2.22. The fourth-order valence-corrected chi connectivity index (χ4v) is 1.62. The third kappa shape index (κ3) is 1.21. The van der Waals surface area contributed by atoms with Crippen molar-refractivity contribution in [3.63, 3.8) is 0 Å². The second-order valence-corrected chi connectivity index (χ2v) is 3.25. The Morgan fingerprint density at radius 3 is 2.57 bits per heavy atom. The molecule has 0 radical (unpaired) electrons. The van der Waals surface area contributed by atoms with Crippen molar-refractivity contribution in [1.82, 2.24) is 9.78 Å². The third-order valence-electron chi connectivity index (χ3n) is 2.35. The number of aromatic nitrogens is 2. The molecule has 0 N–H and O–H groups in total. The van der Waals surface area contributed by atoms with Gasteiger partial charge in [0, 0.05) is 11.9 Å². The molecule has 3 nitrogen and oxygen atoms in total. The van der Waals surface area contributed by atoms with E-state index >= 15 is 0 Å². The lowest BCUT2D eigenvalue weighted by molar-refractivity contribution is 0.614. The molecule has 2 rings (SSSR count). The van der Waals surface area contributed by atoms with E-state index in [0.29, 0.717) is 6.54 Å². The van der Waals surface area contributed by atoms with Crippen molar-refractivity contribution in [2.45, 2.75) is 20.4 Å². The smallest absolute Gasteiger partial charge is 0.267 e. The number of benzene rings is 1. The van der Waals surface area contributed by atoms with Crippen LogP contribution < -0.4 is 5.56 Å². The molecular weight excluding hydrogens is 176 g/mol. The summed E-state index contributed by atoms with van der Waals surface area (Å²) in [6.45, 7) is 4.46. The minimum absolute atomic E-state index is 0.00583. The molecule has 72 valence electrons. The zero-order valence-corrected chi connectivity index (χ0v) is 8.32. The van der Waals surface area contributed by atoms with Crippen LogP contribution in [0.1, 0.15) is 12.6 Å². The number of aryl methyl sites for hydroxylation is 2. The first-order chi connectivity index (χ1) is 6.74. The van der Waals surface area contributed by atoms with Gasteiger partial charge in [0.25, 0.3) is 5.56 Å². The molecule has 1 heterocycles. The lowest BCUT2D eigenvalue weighted by Gasteiger charge is -2.05. The van der Waals surface area contributed by atoms with Crippen molar-refractivity contribution in [2.75, 3.05) is 0 Å². The van der Waals surface area contributed by atoms with Crippen molar-refractivity contribution >= 4 is 10.8 Å². The van der Waals surface area contributed by atoms with Crippen LogP contribution in [-0.2, 0) is 6.54 Å². The van der Waals surface area contributed by atoms with Crippen molar-refractivity contribution in [3.8, 4) is 0 Å². The number of nitrogens with zero attached hydrogens (tertiary/aromatic N) is 2. The van der Waals surface area contributed by atoms with Crippen molar-refractivity contribution < 1.29 is 0 Å². The monoisotopic (exact) mass is 188 g/mol. The fraction of sp³-hybridized carbons (Fsp3) is 0.273. The van der Waals surface area contributed by atoms with E-state index in [1.54, 1.807) is 0 Å². The van der Waals surface area contributed by atoms with Gasteiger partial charge in [-0.15, -0.1) is 0 Å². The summed E-state index contributed by atoms with van der Waals surface area (Å²) in [7, 11) is 0. The average Bonchev–Trinajstić information content (AvgIpc) is 2.23. The van der Waals surface area contributed by atoms with Crippen LogP contribution in [-0.4, -0.2) is 9.78 Å². The molecule has 2 aromatic rings.